The van der Waals surface area contributed by atoms with Crippen LogP contribution in [0.1, 0.15) is 60.4 Å². The summed E-state index contributed by atoms with van der Waals surface area (Å²) in [5.41, 5.74) is 14.2. The number of nitrogens with two attached hydrogens (primary N) is 1. The standard InChI is InChI=1S/C27H28ClNO3/c1-6-31-27(30)25-24(20-13-18(28)9-10-22(20)32-26(25)29)21-11-16(5)19-12-17(14(2)3)8-7-15(4)23(19)21/h7-14,24H,6,29H2,1-5H3. The molecule has 166 valence electrons. The number of fused-ring (bicyclic) bond motifs is 2. The van der Waals surface area contributed by atoms with Crippen molar-refractivity contribution in [3.8, 4) is 16.9 Å². The zero-order chi connectivity index (χ0) is 23.2. The summed E-state index contributed by atoms with van der Waals surface area (Å²) in [6.07, 6.45) is 0. The molecule has 1 atom stereocenters. The Kier molecular flexibility index (Phi) is 5.91. The van der Waals surface area contributed by atoms with Gasteiger partial charge in [0.05, 0.1) is 12.5 Å². The highest BCUT2D eigenvalue weighted by Crippen LogP contribution is 2.49. The number of benzene rings is 1. The molecule has 0 spiro atoms. The van der Waals surface area contributed by atoms with Gasteiger partial charge >= 0.3 is 5.97 Å². The molecule has 1 aliphatic heterocycles. The molecular weight excluding hydrogens is 422 g/mol. The van der Waals surface area contributed by atoms with Crippen molar-refractivity contribution in [2.24, 2.45) is 5.73 Å². The molecule has 2 N–H and O–H groups in total. The van der Waals surface area contributed by atoms with Crippen LogP contribution in [0.25, 0.3) is 11.1 Å². The number of carbonyl (C=O) groups is 1. The van der Waals surface area contributed by atoms with E-state index in [1.165, 1.54) is 11.1 Å². The summed E-state index contributed by atoms with van der Waals surface area (Å²) in [6.45, 7) is 10.6. The number of hydrogen-bond acceptors (Lipinski definition) is 4. The Bertz CT molecular complexity index is 1210. The number of hydrogen-bond donors (Lipinski definition) is 1. The third-order valence-corrected chi connectivity index (χ3v) is 6.35. The summed E-state index contributed by atoms with van der Waals surface area (Å²) in [4.78, 5) is 13.0. The molecular formula is C27H28ClNO3. The van der Waals surface area contributed by atoms with Crippen molar-refractivity contribution in [1.29, 1.82) is 0 Å². The SMILES string of the molecule is CCOC(=O)C1=C(N)Oc2ccc(Cl)cc2C1c1cc(C)c2cc(C(C)C)ccc(C)c1-2. The monoisotopic (exact) mass is 449 g/mol. The lowest BCUT2D eigenvalue weighted by Crippen LogP contribution is -2.27. The summed E-state index contributed by atoms with van der Waals surface area (Å²) in [5, 5.41) is 0.568. The molecule has 0 bridgehead atoms. The summed E-state index contributed by atoms with van der Waals surface area (Å²) < 4.78 is 11.2. The Hall–Kier alpha value is -2.98. The zero-order valence-electron chi connectivity index (χ0n) is 19.1. The van der Waals surface area contributed by atoms with Gasteiger partial charge < -0.3 is 15.2 Å². The van der Waals surface area contributed by atoms with Crippen molar-refractivity contribution in [2.75, 3.05) is 6.61 Å². The van der Waals surface area contributed by atoms with Crippen molar-refractivity contribution in [1.82, 2.24) is 0 Å². The molecule has 2 aliphatic carbocycles. The largest absolute Gasteiger partial charge is 0.462 e. The number of esters is 1. The molecule has 1 heterocycles. The van der Waals surface area contributed by atoms with Crippen LogP contribution in [0.3, 0.4) is 0 Å². The third-order valence-electron chi connectivity index (χ3n) is 6.12. The van der Waals surface area contributed by atoms with Gasteiger partial charge in [0, 0.05) is 10.6 Å². The first-order chi connectivity index (χ1) is 15.2. The predicted molar refractivity (Wildman–Crippen MR) is 128 cm³/mol. The van der Waals surface area contributed by atoms with Crippen molar-refractivity contribution in [2.45, 2.75) is 46.5 Å². The predicted octanol–water partition coefficient (Wildman–Crippen LogP) is 6.44. The smallest absolute Gasteiger partial charge is 0.340 e. The fraction of sp³-hybridized carbons (Fsp3) is 0.296. The zero-order valence-corrected chi connectivity index (χ0v) is 19.8. The minimum Gasteiger partial charge on any atom is -0.462 e. The minimum atomic E-state index is -0.478. The molecule has 0 fully saturated rings. The van der Waals surface area contributed by atoms with Crippen LogP contribution in [-0.4, -0.2) is 12.6 Å². The molecule has 32 heavy (non-hydrogen) atoms. The lowest BCUT2D eigenvalue weighted by atomic mass is 9.81. The van der Waals surface area contributed by atoms with Crippen molar-refractivity contribution in [3.05, 3.63) is 86.8 Å². The van der Waals surface area contributed by atoms with E-state index in [1.807, 2.05) is 6.07 Å². The number of carbonyl (C=O) groups excluding carboxylic acids is 1. The van der Waals surface area contributed by atoms with Crippen LogP contribution in [0.15, 0.2) is 53.9 Å². The first kappa shape index (κ1) is 22.2. The van der Waals surface area contributed by atoms with Crippen molar-refractivity contribution < 1.29 is 14.3 Å². The van der Waals surface area contributed by atoms with Gasteiger partial charge in [-0.2, -0.15) is 0 Å². The first-order valence-corrected chi connectivity index (χ1v) is 11.3. The molecule has 0 radical (unpaired) electrons. The van der Waals surface area contributed by atoms with Gasteiger partial charge in [-0.05, 0) is 78.3 Å². The van der Waals surface area contributed by atoms with E-state index in [-0.39, 0.29) is 12.5 Å². The Morgan fingerprint density at radius 1 is 1.09 bits per heavy atom. The highest BCUT2D eigenvalue weighted by molar-refractivity contribution is 6.30. The van der Waals surface area contributed by atoms with Gasteiger partial charge in [0.15, 0.2) is 0 Å². The molecule has 1 aromatic carbocycles. The van der Waals surface area contributed by atoms with Gasteiger partial charge in [-0.25, -0.2) is 4.79 Å². The van der Waals surface area contributed by atoms with E-state index >= 15 is 0 Å². The molecule has 4 rings (SSSR count). The normalized spacial score (nSPS) is 15.7. The first-order valence-electron chi connectivity index (χ1n) is 10.9. The number of halogens is 1. The summed E-state index contributed by atoms with van der Waals surface area (Å²) in [6, 6.07) is 14.1. The molecule has 1 aromatic rings. The summed E-state index contributed by atoms with van der Waals surface area (Å²) >= 11 is 6.37. The van der Waals surface area contributed by atoms with Crippen molar-refractivity contribution >= 4 is 17.6 Å². The van der Waals surface area contributed by atoms with Gasteiger partial charge in [-0.3, -0.25) is 0 Å². The Balaban J connectivity index is 2.02. The second-order valence-electron chi connectivity index (χ2n) is 8.60. The molecule has 0 saturated heterocycles. The molecule has 0 saturated carbocycles. The fourth-order valence-corrected chi connectivity index (χ4v) is 4.71. The van der Waals surface area contributed by atoms with Crippen LogP contribution in [-0.2, 0) is 9.53 Å². The quantitative estimate of drug-likeness (QED) is 0.465. The van der Waals surface area contributed by atoms with E-state index in [2.05, 4.69) is 52.0 Å². The second-order valence-corrected chi connectivity index (χ2v) is 9.04. The van der Waals surface area contributed by atoms with Crippen LogP contribution in [0.2, 0.25) is 5.02 Å². The lowest BCUT2D eigenvalue weighted by Gasteiger charge is -2.29. The average Bonchev–Trinajstić information content (AvgIpc) is 2.94. The van der Waals surface area contributed by atoms with E-state index < -0.39 is 11.9 Å². The maximum absolute atomic E-state index is 13.0. The maximum Gasteiger partial charge on any atom is 0.340 e. The molecule has 1 unspecified atom stereocenters. The van der Waals surface area contributed by atoms with E-state index in [0.717, 1.165) is 27.8 Å². The van der Waals surface area contributed by atoms with Crippen LogP contribution in [0.5, 0.6) is 5.75 Å². The van der Waals surface area contributed by atoms with E-state index in [1.54, 1.807) is 19.1 Å². The van der Waals surface area contributed by atoms with E-state index in [9.17, 15) is 4.79 Å². The Morgan fingerprint density at radius 3 is 2.53 bits per heavy atom. The molecule has 0 amide bonds. The lowest BCUT2D eigenvalue weighted by molar-refractivity contribution is -0.139. The van der Waals surface area contributed by atoms with Crippen LogP contribution in [0.4, 0.5) is 0 Å². The van der Waals surface area contributed by atoms with Crippen LogP contribution in [0, 0.1) is 13.8 Å². The fourth-order valence-electron chi connectivity index (χ4n) is 4.53. The molecule has 0 aromatic heterocycles. The summed E-state index contributed by atoms with van der Waals surface area (Å²) in [5.74, 6) is 0.134. The number of rotatable bonds is 4. The van der Waals surface area contributed by atoms with E-state index in [0.29, 0.717) is 22.3 Å². The average molecular weight is 450 g/mol. The Morgan fingerprint density at radius 2 is 1.84 bits per heavy atom. The second kappa shape index (κ2) is 8.51. The summed E-state index contributed by atoms with van der Waals surface area (Å²) in [7, 11) is 0. The minimum absolute atomic E-state index is 0.0658. The van der Waals surface area contributed by atoms with Gasteiger partial charge in [0.1, 0.15) is 11.3 Å². The third kappa shape index (κ3) is 3.73. The van der Waals surface area contributed by atoms with Crippen molar-refractivity contribution in [3.63, 3.8) is 0 Å². The number of aryl methyl sites for hydroxylation is 2. The molecule has 3 aliphatic rings. The highest BCUT2D eigenvalue weighted by atomic mass is 35.5. The van der Waals surface area contributed by atoms with Gasteiger partial charge in [-0.1, -0.05) is 49.7 Å². The van der Waals surface area contributed by atoms with E-state index in [4.69, 9.17) is 26.8 Å². The van der Waals surface area contributed by atoms with Gasteiger partial charge in [-0.15, -0.1) is 0 Å². The van der Waals surface area contributed by atoms with Gasteiger partial charge in [0.2, 0.25) is 5.88 Å². The number of ether oxygens (including phenoxy) is 2. The Labute approximate surface area is 194 Å². The maximum atomic E-state index is 13.0. The van der Waals surface area contributed by atoms with Crippen LogP contribution >= 0.6 is 11.6 Å². The molecule has 4 nitrogen and oxygen atoms in total. The molecule has 5 heteroatoms. The topological polar surface area (TPSA) is 61.5 Å². The highest BCUT2D eigenvalue weighted by Gasteiger charge is 2.38. The van der Waals surface area contributed by atoms with Gasteiger partial charge in [0.25, 0.3) is 0 Å². The van der Waals surface area contributed by atoms with Crippen LogP contribution < -0.4 is 10.5 Å².